The lowest BCUT2D eigenvalue weighted by Crippen LogP contribution is -2.48. The predicted molar refractivity (Wildman–Crippen MR) is 152 cm³/mol. The number of benzene rings is 2. The molecule has 5 rings (SSSR count). The Labute approximate surface area is 228 Å². The van der Waals surface area contributed by atoms with Crippen LogP contribution >= 0.6 is 0 Å². The number of nitrogens with one attached hydrogen (secondary N) is 1. The molecule has 0 saturated carbocycles. The number of amides is 3. The van der Waals surface area contributed by atoms with E-state index >= 15 is 0 Å². The monoisotopic (exact) mass is 530 g/mol. The number of nitrogens with zero attached hydrogens (tertiary/aromatic N) is 6. The van der Waals surface area contributed by atoms with Gasteiger partial charge >= 0.3 is 6.03 Å². The van der Waals surface area contributed by atoms with Crippen LogP contribution in [0.25, 0.3) is 0 Å². The summed E-state index contributed by atoms with van der Waals surface area (Å²) in [5, 5.41) is 3.27. The number of urea groups is 1. The quantitative estimate of drug-likeness (QED) is 0.477. The summed E-state index contributed by atoms with van der Waals surface area (Å²) >= 11 is 0. The topological polar surface area (TPSA) is 120 Å². The molecule has 204 valence electrons. The van der Waals surface area contributed by atoms with E-state index in [1.807, 2.05) is 19.1 Å². The van der Waals surface area contributed by atoms with Crippen LogP contribution in [0.4, 0.5) is 33.6 Å². The van der Waals surface area contributed by atoms with E-state index in [9.17, 15) is 9.59 Å². The molecule has 3 heterocycles. The highest BCUT2D eigenvalue weighted by Gasteiger charge is 2.33. The number of methoxy groups -OCH3 is 1. The van der Waals surface area contributed by atoms with Gasteiger partial charge in [0.2, 0.25) is 11.9 Å². The van der Waals surface area contributed by atoms with Crippen LogP contribution in [0, 0.1) is 0 Å². The van der Waals surface area contributed by atoms with Gasteiger partial charge in [-0.1, -0.05) is 0 Å². The molecule has 1 saturated heterocycles. The molecule has 2 aliphatic heterocycles. The van der Waals surface area contributed by atoms with Crippen LogP contribution in [0.3, 0.4) is 0 Å². The normalized spacial score (nSPS) is 16.1. The van der Waals surface area contributed by atoms with Gasteiger partial charge in [0.1, 0.15) is 11.6 Å². The van der Waals surface area contributed by atoms with E-state index in [1.165, 1.54) is 12.8 Å². The van der Waals surface area contributed by atoms with Crippen LogP contribution in [0.1, 0.15) is 29.3 Å². The molecular weight excluding hydrogens is 496 g/mol. The molecule has 2 aromatic carbocycles. The number of carbonyl (C=O) groups is 2. The Kier molecular flexibility index (Phi) is 7.51. The molecule has 1 aromatic heterocycles. The van der Waals surface area contributed by atoms with Crippen molar-refractivity contribution in [1.82, 2.24) is 14.9 Å². The molecule has 0 atom stereocenters. The van der Waals surface area contributed by atoms with Crippen molar-refractivity contribution in [3.63, 3.8) is 0 Å². The highest BCUT2D eigenvalue weighted by atomic mass is 16.5. The fourth-order valence-corrected chi connectivity index (χ4v) is 4.95. The lowest BCUT2D eigenvalue weighted by atomic mass is 10.1. The molecule has 1 fully saturated rings. The van der Waals surface area contributed by atoms with Crippen LogP contribution in [0.2, 0.25) is 0 Å². The minimum Gasteiger partial charge on any atom is -0.497 e. The number of fused-ring (bicyclic) bond motifs is 1. The number of primary amides is 1. The summed E-state index contributed by atoms with van der Waals surface area (Å²) in [6.45, 7) is 6.77. The van der Waals surface area contributed by atoms with Crippen LogP contribution in [-0.2, 0) is 6.54 Å². The van der Waals surface area contributed by atoms with Crippen molar-refractivity contribution >= 4 is 40.8 Å². The van der Waals surface area contributed by atoms with Crippen molar-refractivity contribution in [1.29, 1.82) is 0 Å². The van der Waals surface area contributed by atoms with Crippen molar-refractivity contribution in [2.24, 2.45) is 5.73 Å². The van der Waals surface area contributed by atoms with Crippen LogP contribution in [0.15, 0.2) is 48.7 Å². The third-order valence-electron chi connectivity index (χ3n) is 7.14. The van der Waals surface area contributed by atoms with Crippen LogP contribution < -0.4 is 30.5 Å². The fraction of sp³-hybridized carbons (Fsp3) is 0.357. The number of hydrogen-bond acceptors (Lipinski definition) is 8. The zero-order valence-corrected chi connectivity index (χ0v) is 22.6. The zero-order chi connectivity index (χ0) is 27.5. The molecule has 0 radical (unpaired) electrons. The summed E-state index contributed by atoms with van der Waals surface area (Å²) in [6.07, 6.45) is 2.87. The largest absolute Gasteiger partial charge is 0.497 e. The van der Waals surface area contributed by atoms with Gasteiger partial charge < -0.3 is 25.6 Å². The predicted octanol–water partition coefficient (Wildman–Crippen LogP) is 3.44. The van der Waals surface area contributed by atoms with E-state index in [2.05, 4.69) is 39.3 Å². The van der Waals surface area contributed by atoms with Gasteiger partial charge in [0.25, 0.3) is 0 Å². The first kappa shape index (κ1) is 26.2. The van der Waals surface area contributed by atoms with Crippen molar-refractivity contribution in [3.8, 4) is 5.75 Å². The number of anilines is 5. The second-order valence-corrected chi connectivity index (χ2v) is 9.76. The number of carbonyl (C=O) groups excluding carboxylic acids is 2. The van der Waals surface area contributed by atoms with Gasteiger partial charge in [0, 0.05) is 60.9 Å². The van der Waals surface area contributed by atoms with E-state index in [1.54, 1.807) is 34.2 Å². The summed E-state index contributed by atoms with van der Waals surface area (Å²) in [4.78, 5) is 42.5. The number of rotatable bonds is 7. The van der Waals surface area contributed by atoms with Crippen molar-refractivity contribution in [2.45, 2.75) is 19.9 Å². The van der Waals surface area contributed by atoms with Crippen molar-refractivity contribution in [2.75, 3.05) is 66.9 Å². The standard InChI is InChI=1S/C28H34N8O3/c1-4-35-26-20(18-36(28(35)38)23-14-19(25(29)37)15-24(16-23)39-3)17-30-27(32-26)31-21-6-8-22(9-7-21)34-11-5-10-33(2)12-13-34/h6-9,14-17H,4-5,10-13,18H2,1-3H3,(H2,29,37)(H,30,31,32). The molecule has 3 N–H and O–H groups in total. The molecule has 0 unspecified atom stereocenters. The maximum atomic E-state index is 13.5. The fourth-order valence-electron chi connectivity index (χ4n) is 4.95. The molecular formula is C28H34N8O3. The van der Waals surface area contributed by atoms with E-state index in [0.29, 0.717) is 29.7 Å². The Balaban J connectivity index is 1.36. The third-order valence-corrected chi connectivity index (χ3v) is 7.14. The molecule has 0 aliphatic carbocycles. The smallest absolute Gasteiger partial charge is 0.330 e. The molecule has 39 heavy (non-hydrogen) atoms. The lowest BCUT2D eigenvalue weighted by molar-refractivity contribution is 0.1000. The Morgan fingerprint density at radius 2 is 1.87 bits per heavy atom. The van der Waals surface area contributed by atoms with Gasteiger partial charge in [-0.15, -0.1) is 0 Å². The van der Waals surface area contributed by atoms with E-state index in [-0.39, 0.29) is 18.1 Å². The van der Waals surface area contributed by atoms with Gasteiger partial charge in [-0.3, -0.25) is 14.6 Å². The summed E-state index contributed by atoms with van der Waals surface area (Å²) < 4.78 is 5.32. The molecule has 2 aliphatic rings. The Bertz CT molecular complexity index is 1360. The molecule has 11 heteroatoms. The summed E-state index contributed by atoms with van der Waals surface area (Å²) in [5.41, 5.74) is 9.12. The van der Waals surface area contributed by atoms with Crippen molar-refractivity contribution in [3.05, 3.63) is 59.8 Å². The maximum absolute atomic E-state index is 13.5. The minimum atomic E-state index is -0.599. The SMILES string of the molecule is CCN1C(=O)N(c2cc(OC)cc(C(N)=O)c2)Cc2cnc(Nc3ccc(N4CCCN(C)CC4)cc3)nc21. The van der Waals surface area contributed by atoms with Gasteiger partial charge in [-0.2, -0.15) is 4.98 Å². The van der Waals surface area contributed by atoms with E-state index < -0.39 is 5.91 Å². The maximum Gasteiger partial charge on any atom is 0.330 e. The zero-order valence-electron chi connectivity index (χ0n) is 22.6. The van der Waals surface area contributed by atoms with E-state index in [0.717, 1.165) is 43.9 Å². The summed E-state index contributed by atoms with van der Waals surface area (Å²) in [5.74, 6) is 0.806. The Hall–Kier alpha value is -4.38. The molecule has 0 bridgehead atoms. The molecule has 11 nitrogen and oxygen atoms in total. The summed E-state index contributed by atoms with van der Waals surface area (Å²) in [6, 6.07) is 12.9. The number of aromatic nitrogens is 2. The first-order valence-corrected chi connectivity index (χ1v) is 13.1. The van der Waals surface area contributed by atoms with Crippen molar-refractivity contribution < 1.29 is 14.3 Å². The average Bonchev–Trinajstić information content (AvgIpc) is 3.17. The third kappa shape index (κ3) is 5.58. The molecule has 3 amide bonds. The first-order chi connectivity index (χ1) is 18.9. The Morgan fingerprint density at radius 3 is 2.59 bits per heavy atom. The second-order valence-electron chi connectivity index (χ2n) is 9.76. The highest BCUT2D eigenvalue weighted by Crippen LogP contribution is 2.33. The van der Waals surface area contributed by atoms with E-state index in [4.69, 9.17) is 15.5 Å². The van der Waals surface area contributed by atoms with Gasteiger partial charge in [-0.25, -0.2) is 9.78 Å². The minimum absolute atomic E-state index is 0.246. The van der Waals surface area contributed by atoms with Crippen LogP contribution in [-0.4, -0.2) is 73.7 Å². The van der Waals surface area contributed by atoms with Gasteiger partial charge in [-0.05, 0) is 63.3 Å². The molecule has 3 aromatic rings. The first-order valence-electron chi connectivity index (χ1n) is 13.1. The Morgan fingerprint density at radius 1 is 1.08 bits per heavy atom. The number of ether oxygens (including phenoxy) is 1. The number of likely N-dealkylation sites (N-methyl/N-ethyl adjacent to an activating group) is 1. The van der Waals surface area contributed by atoms with Gasteiger partial charge in [0.05, 0.1) is 19.3 Å². The highest BCUT2D eigenvalue weighted by molar-refractivity contribution is 6.06. The summed E-state index contributed by atoms with van der Waals surface area (Å²) in [7, 11) is 3.66. The second kappa shape index (κ2) is 11.2. The van der Waals surface area contributed by atoms with Gasteiger partial charge in [0.15, 0.2) is 0 Å². The number of nitrogens with two attached hydrogens (primary N) is 1. The molecule has 0 spiro atoms. The van der Waals surface area contributed by atoms with Crippen LogP contribution in [0.5, 0.6) is 5.75 Å². The number of hydrogen-bond donors (Lipinski definition) is 2. The average molecular weight is 531 g/mol. The lowest BCUT2D eigenvalue weighted by Gasteiger charge is -2.35.